The molecule has 0 amide bonds. The SMILES string of the molecule is CN(C)c1ccc([N+](=O)[O-])cc1C(=O)OCc1cc2ccccc2o1. The number of esters is 1. The molecule has 7 nitrogen and oxygen atoms in total. The van der Waals surface area contributed by atoms with Crippen LogP contribution in [0.15, 0.2) is 52.9 Å². The van der Waals surface area contributed by atoms with Gasteiger partial charge in [0.2, 0.25) is 0 Å². The number of rotatable bonds is 5. The van der Waals surface area contributed by atoms with Crippen molar-refractivity contribution in [2.45, 2.75) is 6.61 Å². The van der Waals surface area contributed by atoms with Gasteiger partial charge in [0.1, 0.15) is 18.0 Å². The first-order valence-corrected chi connectivity index (χ1v) is 7.56. The van der Waals surface area contributed by atoms with Gasteiger partial charge >= 0.3 is 5.97 Å². The van der Waals surface area contributed by atoms with Crippen LogP contribution in [0.1, 0.15) is 16.1 Å². The van der Waals surface area contributed by atoms with Crippen molar-refractivity contribution in [1.82, 2.24) is 0 Å². The van der Waals surface area contributed by atoms with Crippen LogP contribution in [0.3, 0.4) is 0 Å². The summed E-state index contributed by atoms with van der Waals surface area (Å²) >= 11 is 0. The number of hydrogen-bond acceptors (Lipinski definition) is 6. The van der Waals surface area contributed by atoms with Crippen molar-refractivity contribution in [3.05, 3.63) is 70.0 Å². The van der Waals surface area contributed by atoms with Gasteiger partial charge in [-0.15, -0.1) is 0 Å². The topological polar surface area (TPSA) is 85.8 Å². The van der Waals surface area contributed by atoms with E-state index in [1.165, 1.54) is 18.2 Å². The summed E-state index contributed by atoms with van der Waals surface area (Å²) in [5.74, 6) is -0.140. The second-order valence-electron chi connectivity index (χ2n) is 5.68. The highest BCUT2D eigenvalue weighted by Gasteiger charge is 2.19. The molecular formula is C18H16N2O5. The number of furan rings is 1. The Kier molecular flexibility index (Phi) is 4.38. The molecule has 0 N–H and O–H groups in total. The highest BCUT2D eigenvalue weighted by molar-refractivity contribution is 5.96. The summed E-state index contributed by atoms with van der Waals surface area (Å²) in [4.78, 5) is 24.5. The average molecular weight is 340 g/mol. The van der Waals surface area contributed by atoms with Crippen LogP contribution in [0.2, 0.25) is 0 Å². The Morgan fingerprint density at radius 3 is 2.64 bits per heavy atom. The third kappa shape index (κ3) is 3.45. The van der Waals surface area contributed by atoms with Crippen molar-refractivity contribution in [3.63, 3.8) is 0 Å². The molecule has 1 heterocycles. The van der Waals surface area contributed by atoms with Crippen LogP contribution >= 0.6 is 0 Å². The molecule has 0 aliphatic rings. The van der Waals surface area contributed by atoms with Gasteiger partial charge in [0, 0.05) is 31.6 Å². The van der Waals surface area contributed by atoms with Gasteiger partial charge in [-0.25, -0.2) is 4.79 Å². The lowest BCUT2D eigenvalue weighted by Crippen LogP contribution is -2.15. The highest BCUT2D eigenvalue weighted by atomic mass is 16.6. The number of anilines is 1. The fourth-order valence-corrected chi connectivity index (χ4v) is 2.51. The summed E-state index contributed by atoms with van der Waals surface area (Å²) in [7, 11) is 3.49. The van der Waals surface area contributed by atoms with Crippen LogP contribution in [0.5, 0.6) is 0 Å². The van der Waals surface area contributed by atoms with E-state index in [4.69, 9.17) is 9.15 Å². The summed E-state index contributed by atoms with van der Waals surface area (Å²) in [6.45, 7) is -0.0525. The average Bonchev–Trinajstić information content (AvgIpc) is 3.01. The molecular weight excluding hydrogens is 324 g/mol. The lowest BCUT2D eigenvalue weighted by atomic mass is 10.1. The first-order valence-electron chi connectivity index (χ1n) is 7.56. The van der Waals surface area contributed by atoms with Crippen LogP contribution < -0.4 is 4.90 Å². The molecule has 25 heavy (non-hydrogen) atoms. The number of para-hydroxylation sites is 1. The van der Waals surface area contributed by atoms with Crippen molar-refractivity contribution in [2.24, 2.45) is 0 Å². The summed E-state index contributed by atoms with van der Waals surface area (Å²) in [6, 6.07) is 13.4. The van der Waals surface area contributed by atoms with Gasteiger partial charge in [-0.3, -0.25) is 10.1 Å². The van der Waals surface area contributed by atoms with E-state index in [1.54, 1.807) is 25.1 Å². The number of nitro groups is 1. The zero-order valence-electron chi connectivity index (χ0n) is 13.8. The van der Waals surface area contributed by atoms with Crippen molar-refractivity contribution < 1.29 is 18.9 Å². The summed E-state index contributed by atoms with van der Waals surface area (Å²) in [5, 5.41) is 11.9. The Hall–Kier alpha value is -3.35. The predicted molar refractivity (Wildman–Crippen MR) is 92.8 cm³/mol. The van der Waals surface area contributed by atoms with Crippen molar-refractivity contribution in [3.8, 4) is 0 Å². The Bertz CT molecular complexity index is 913. The summed E-state index contributed by atoms with van der Waals surface area (Å²) in [6.07, 6.45) is 0. The maximum Gasteiger partial charge on any atom is 0.340 e. The number of nitrogens with zero attached hydrogens (tertiary/aromatic N) is 2. The lowest BCUT2D eigenvalue weighted by Gasteiger charge is -2.16. The molecule has 3 aromatic rings. The first kappa shape index (κ1) is 16.5. The van der Waals surface area contributed by atoms with Crippen molar-refractivity contribution >= 4 is 28.3 Å². The van der Waals surface area contributed by atoms with Gasteiger partial charge in [-0.05, 0) is 18.2 Å². The molecule has 7 heteroatoms. The smallest absolute Gasteiger partial charge is 0.340 e. The van der Waals surface area contributed by atoms with E-state index in [1.807, 2.05) is 24.3 Å². The standard InChI is InChI=1S/C18H16N2O5/c1-19(2)16-8-7-13(20(22)23)10-15(16)18(21)24-11-14-9-12-5-3-4-6-17(12)25-14/h3-10H,11H2,1-2H3. The molecule has 2 aromatic carbocycles. The van der Waals surface area contributed by atoms with Crippen LogP contribution in [0, 0.1) is 10.1 Å². The van der Waals surface area contributed by atoms with Gasteiger partial charge in [-0.2, -0.15) is 0 Å². The molecule has 1 aromatic heterocycles. The van der Waals surface area contributed by atoms with E-state index in [0.717, 1.165) is 5.39 Å². The van der Waals surface area contributed by atoms with E-state index in [0.29, 0.717) is 17.0 Å². The third-order valence-electron chi connectivity index (χ3n) is 3.71. The van der Waals surface area contributed by atoms with E-state index in [2.05, 4.69) is 0 Å². The van der Waals surface area contributed by atoms with Crippen LogP contribution in [-0.2, 0) is 11.3 Å². The number of nitro benzene ring substituents is 1. The number of carbonyl (C=O) groups is 1. The van der Waals surface area contributed by atoms with E-state index in [9.17, 15) is 14.9 Å². The molecule has 0 bridgehead atoms. The normalized spacial score (nSPS) is 10.6. The molecule has 0 saturated heterocycles. The minimum Gasteiger partial charge on any atom is -0.457 e. The minimum absolute atomic E-state index is 0.0525. The molecule has 0 fully saturated rings. The predicted octanol–water partition coefficient (Wildman–Crippen LogP) is 3.76. The molecule has 0 aliphatic heterocycles. The van der Waals surface area contributed by atoms with E-state index >= 15 is 0 Å². The van der Waals surface area contributed by atoms with Crippen molar-refractivity contribution in [1.29, 1.82) is 0 Å². The molecule has 0 unspecified atom stereocenters. The van der Waals surface area contributed by atoms with Crippen LogP contribution in [0.4, 0.5) is 11.4 Å². The van der Waals surface area contributed by atoms with Gasteiger partial charge in [-0.1, -0.05) is 18.2 Å². The largest absolute Gasteiger partial charge is 0.457 e. The zero-order chi connectivity index (χ0) is 18.0. The van der Waals surface area contributed by atoms with E-state index < -0.39 is 10.9 Å². The number of fused-ring (bicyclic) bond motifs is 1. The molecule has 128 valence electrons. The first-order chi connectivity index (χ1) is 12.0. The monoisotopic (exact) mass is 340 g/mol. The number of ether oxygens (including phenoxy) is 1. The van der Waals surface area contributed by atoms with Gasteiger partial charge < -0.3 is 14.1 Å². The fourth-order valence-electron chi connectivity index (χ4n) is 2.51. The summed E-state index contributed by atoms with van der Waals surface area (Å²) < 4.78 is 10.9. The van der Waals surface area contributed by atoms with E-state index in [-0.39, 0.29) is 17.9 Å². The quantitative estimate of drug-likeness (QED) is 0.399. The maximum atomic E-state index is 12.4. The highest BCUT2D eigenvalue weighted by Crippen LogP contribution is 2.26. The second-order valence-corrected chi connectivity index (χ2v) is 5.68. The van der Waals surface area contributed by atoms with Crippen LogP contribution in [-0.4, -0.2) is 25.0 Å². The molecule has 3 rings (SSSR count). The number of carbonyl (C=O) groups excluding carboxylic acids is 1. The number of hydrogen-bond donors (Lipinski definition) is 0. The van der Waals surface area contributed by atoms with Gasteiger partial charge in [0.25, 0.3) is 5.69 Å². The Morgan fingerprint density at radius 1 is 1.20 bits per heavy atom. The number of benzene rings is 2. The van der Waals surface area contributed by atoms with Crippen LogP contribution in [0.25, 0.3) is 11.0 Å². The molecule has 0 radical (unpaired) electrons. The third-order valence-corrected chi connectivity index (χ3v) is 3.71. The molecule has 0 saturated carbocycles. The van der Waals surface area contributed by atoms with Gasteiger partial charge in [0.05, 0.1) is 16.2 Å². The summed E-state index contributed by atoms with van der Waals surface area (Å²) in [5.41, 5.74) is 1.22. The minimum atomic E-state index is -0.646. The van der Waals surface area contributed by atoms with Gasteiger partial charge in [0.15, 0.2) is 0 Å². The Labute approximate surface area is 143 Å². The molecule has 0 spiro atoms. The maximum absolute atomic E-state index is 12.4. The zero-order valence-corrected chi connectivity index (χ0v) is 13.8. The number of non-ortho nitro benzene ring substituents is 1. The second kappa shape index (κ2) is 6.64. The Morgan fingerprint density at radius 2 is 1.96 bits per heavy atom. The molecule has 0 atom stereocenters. The van der Waals surface area contributed by atoms with Crippen molar-refractivity contribution in [2.75, 3.05) is 19.0 Å². The Balaban J connectivity index is 1.82. The fraction of sp³-hybridized carbons (Fsp3) is 0.167. The molecule has 0 aliphatic carbocycles. The lowest BCUT2D eigenvalue weighted by molar-refractivity contribution is -0.384.